The van der Waals surface area contributed by atoms with Crippen molar-refractivity contribution in [3.05, 3.63) is 35.4 Å². The van der Waals surface area contributed by atoms with Crippen molar-refractivity contribution in [2.24, 2.45) is 0 Å². The molecule has 2 heteroatoms. The van der Waals surface area contributed by atoms with Gasteiger partial charge in [-0.3, -0.25) is 0 Å². The molecule has 2 rings (SSSR count). The van der Waals surface area contributed by atoms with Crippen LogP contribution in [-0.4, -0.2) is 26.8 Å². The standard InChI is InChI=1S/C14H21NO/c1-12-4-6-13(7-5-12)14(10-15-11-14)8-3-9-16-2/h4-7,15H,3,8-11H2,1-2H3. The molecule has 1 aliphatic heterocycles. The number of benzene rings is 1. The van der Waals surface area contributed by atoms with E-state index in [1.165, 1.54) is 17.5 Å². The Labute approximate surface area is 98.0 Å². The van der Waals surface area contributed by atoms with Gasteiger partial charge in [-0.2, -0.15) is 0 Å². The molecule has 88 valence electrons. The third-order valence-electron chi connectivity index (χ3n) is 3.59. The Morgan fingerprint density at radius 1 is 1.25 bits per heavy atom. The lowest BCUT2D eigenvalue weighted by molar-refractivity contribution is 0.168. The molecule has 1 aromatic rings. The molecule has 0 radical (unpaired) electrons. The second-order valence-corrected chi connectivity index (χ2v) is 4.85. The lowest BCUT2D eigenvalue weighted by atomic mass is 9.72. The summed E-state index contributed by atoms with van der Waals surface area (Å²) >= 11 is 0. The molecule has 1 saturated heterocycles. The monoisotopic (exact) mass is 219 g/mol. The van der Waals surface area contributed by atoms with Crippen molar-refractivity contribution >= 4 is 0 Å². The van der Waals surface area contributed by atoms with Crippen LogP contribution in [0.3, 0.4) is 0 Å². The molecular weight excluding hydrogens is 198 g/mol. The Bertz CT molecular complexity index is 327. The Kier molecular flexibility index (Phi) is 3.62. The first-order chi connectivity index (χ1) is 7.77. The van der Waals surface area contributed by atoms with Gasteiger partial charge in [-0.15, -0.1) is 0 Å². The third kappa shape index (κ3) is 2.28. The molecule has 1 N–H and O–H groups in total. The van der Waals surface area contributed by atoms with Gasteiger partial charge in [0.1, 0.15) is 0 Å². The van der Waals surface area contributed by atoms with Crippen LogP contribution in [0.5, 0.6) is 0 Å². The third-order valence-corrected chi connectivity index (χ3v) is 3.59. The van der Waals surface area contributed by atoms with Gasteiger partial charge >= 0.3 is 0 Å². The second kappa shape index (κ2) is 4.98. The average Bonchev–Trinajstić information content (AvgIpc) is 2.24. The Hall–Kier alpha value is -0.860. The van der Waals surface area contributed by atoms with Gasteiger partial charge < -0.3 is 10.1 Å². The van der Waals surface area contributed by atoms with Gasteiger partial charge in [0, 0.05) is 32.2 Å². The van der Waals surface area contributed by atoms with Crippen LogP contribution in [0.2, 0.25) is 0 Å². The highest BCUT2D eigenvalue weighted by atomic mass is 16.5. The second-order valence-electron chi connectivity index (χ2n) is 4.85. The van der Waals surface area contributed by atoms with Crippen molar-refractivity contribution in [3.63, 3.8) is 0 Å². The molecule has 1 heterocycles. The van der Waals surface area contributed by atoms with Crippen molar-refractivity contribution in [3.8, 4) is 0 Å². The van der Waals surface area contributed by atoms with Gasteiger partial charge in [0.2, 0.25) is 0 Å². The minimum atomic E-state index is 0.367. The molecule has 0 spiro atoms. The Balaban J connectivity index is 2.05. The average molecular weight is 219 g/mol. The van der Waals surface area contributed by atoms with Crippen molar-refractivity contribution in [1.82, 2.24) is 5.32 Å². The van der Waals surface area contributed by atoms with E-state index in [1.54, 1.807) is 7.11 Å². The lowest BCUT2D eigenvalue weighted by Crippen LogP contribution is -2.56. The van der Waals surface area contributed by atoms with Crippen molar-refractivity contribution in [1.29, 1.82) is 0 Å². The quantitative estimate of drug-likeness (QED) is 0.767. The predicted molar refractivity (Wildman–Crippen MR) is 66.8 cm³/mol. The molecule has 16 heavy (non-hydrogen) atoms. The molecule has 1 aromatic carbocycles. The summed E-state index contributed by atoms with van der Waals surface area (Å²) in [4.78, 5) is 0. The van der Waals surface area contributed by atoms with Crippen LogP contribution in [0.15, 0.2) is 24.3 Å². The van der Waals surface area contributed by atoms with E-state index in [1.807, 2.05) is 0 Å². The molecule has 0 saturated carbocycles. The summed E-state index contributed by atoms with van der Waals surface area (Å²) in [5, 5.41) is 3.40. The molecule has 1 fully saturated rings. The van der Waals surface area contributed by atoms with E-state index in [2.05, 4.69) is 36.5 Å². The van der Waals surface area contributed by atoms with E-state index in [-0.39, 0.29) is 0 Å². The Morgan fingerprint density at radius 3 is 2.44 bits per heavy atom. The van der Waals surface area contributed by atoms with Crippen LogP contribution < -0.4 is 5.32 Å². The number of hydrogen-bond acceptors (Lipinski definition) is 2. The highest BCUT2D eigenvalue weighted by Gasteiger charge is 2.37. The summed E-state index contributed by atoms with van der Waals surface area (Å²) in [6.07, 6.45) is 2.36. The highest BCUT2D eigenvalue weighted by Crippen LogP contribution is 2.33. The summed E-state index contributed by atoms with van der Waals surface area (Å²) in [7, 11) is 1.78. The minimum Gasteiger partial charge on any atom is -0.385 e. The van der Waals surface area contributed by atoms with Crippen molar-refractivity contribution in [2.45, 2.75) is 25.2 Å². The normalized spacial score (nSPS) is 18.1. The van der Waals surface area contributed by atoms with E-state index >= 15 is 0 Å². The first-order valence-corrected chi connectivity index (χ1v) is 6.04. The van der Waals surface area contributed by atoms with Crippen LogP contribution in [-0.2, 0) is 10.2 Å². The van der Waals surface area contributed by atoms with Crippen molar-refractivity contribution < 1.29 is 4.74 Å². The first kappa shape index (κ1) is 11.6. The number of ether oxygens (including phenoxy) is 1. The minimum absolute atomic E-state index is 0.367. The van der Waals surface area contributed by atoms with Gasteiger partial charge in [0.15, 0.2) is 0 Å². The largest absolute Gasteiger partial charge is 0.385 e. The van der Waals surface area contributed by atoms with Crippen molar-refractivity contribution in [2.75, 3.05) is 26.8 Å². The number of nitrogens with one attached hydrogen (secondary N) is 1. The van der Waals surface area contributed by atoms with E-state index in [0.717, 1.165) is 26.1 Å². The van der Waals surface area contributed by atoms with Crippen LogP contribution in [0.1, 0.15) is 24.0 Å². The number of aryl methyl sites for hydroxylation is 1. The fraction of sp³-hybridized carbons (Fsp3) is 0.571. The summed E-state index contributed by atoms with van der Waals surface area (Å²) in [5.41, 5.74) is 3.18. The van der Waals surface area contributed by atoms with E-state index in [4.69, 9.17) is 4.74 Å². The fourth-order valence-corrected chi connectivity index (χ4v) is 2.41. The van der Waals surface area contributed by atoms with Gasteiger partial charge in [-0.25, -0.2) is 0 Å². The molecular formula is C14H21NO. The number of methoxy groups -OCH3 is 1. The van der Waals surface area contributed by atoms with Gasteiger partial charge in [0.25, 0.3) is 0 Å². The van der Waals surface area contributed by atoms with Crippen LogP contribution in [0, 0.1) is 6.92 Å². The van der Waals surface area contributed by atoms with Crippen LogP contribution >= 0.6 is 0 Å². The summed E-state index contributed by atoms with van der Waals surface area (Å²) in [6, 6.07) is 8.99. The molecule has 0 atom stereocenters. The zero-order valence-electron chi connectivity index (χ0n) is 10.3. The SMILES string of the molecule is COCCCC1(c2ccc(C)cc2)CNC1. The molecule has 1 aliphatic rings. The van der Waals surface area contributed by atoms with Gasteiger partial charge in [-0.1, -0.05) is 29.8 Å². The number of rotatable bonds is 5. The van der Waals surface area contributed by atoms with E-state index < -0.39 is 0 Å². The zero-order valence-corrected chi connectivity index (χ0v) is 10.3. The van der Waals surface area contributed by atoms with E-state index in [0.29, 0.717) is 5.41 Å². The predicted octanol–water partition coefficient (Wildman–Crippen LogP) is 2.26. The summed E-state index contributed by atoms with van der Waals surface area (Å²) in [6.45, 7) is 5.23. The van der Waals surface area contributed by atoms with Gasteiger partial charge in [0.05, 0.1) is 0 Å². The maximum Gasteiger partial charge on any atom is 0.0462 e. The maximum atomic E-state index is 5.14. The van der Waals surface area contributed by atoms with E-state index in [9.17, 15) is 0 Å². The Morgan fingerprint density at radius 2 is 1.94 bits per heavy atom. The zero-order chi connectivity index (χ0) is 11.4. The smallest absolute Gasteiger partial charge is 0.0462 e. The summed E-state index contributed by atoms with van der Waals surface area (Å²) in [5.74, 6) is 0. The fourth-order valence-electron chi connectivity index (χ4n) is 2.41. The highest BCUT2D eigenvalue weighted by molar-refractivity contribution is 5.32. The molecule has 0 aliphatic carbocycles. The molecule has 0 amide bonds. The van der Waals surface area contributed by atoms with Gasteiger partial charge in [-0.05, 0) is 25.3 Å². The lowest BCUT2D eigenvalue weighted by Gasteiger charge is -2.43. The maximum absolute atomic E-state index is 5.14. The first-order valence-electron chi connectivity index (χ1n) is 6.04. The molecule has 0 bridgehead atoms. The number of hydrogen-bond donors (Lipinski definition) is 1. The van der Waals surface area contributed by atoms with Crippen LogP contribution in [0.4, 0.5) is 0 Å². The molecule has 2 nitrogen and oxygen atoms in total. The van der Waals surface area contributed by atoms with Crippen LogP contribution in [0.25, 0.3) is 0 Å². The molecule has 0 aromatic heterocycles. The topological polar surface area (TPSA) is 21.3 Å². The molecule has 0 unspecified atom stereocenters. The summed E-state index contributed by atoms with van der Waals surface area (Å²) < 4.78 is 5.14.